The average Bonchev–Trinajstić information content (AvgIpc) is 2.87. The van der Waals surface area contributed by atoms with E-state index in [1.54, 1.807) is 43.3 Å². The normalized spacial score (nSPS) is 11.6. The fourth-order valence-electron chi connectivity index (χ4n) is 3.98. The van der Waals surface area contributed by atoms with E-state index in [-0.39, 0.29) is 46.3 Å². The molecule has 1 aromatic heterocycles. The predicted molar refractivity (Wildman–Crippen MR) is 145 cm³/mol. The van der Waals surface area contributed by atoms with E-state index in [0.717, 1.165) is 0 Å². The number of carboxylic acid groups (broad SMARTS) is 1. The molecular formula is C28H31N5O5. The van der Waals surface area contributed by atoms with Gasteiger partial charge in [-0.3, -0.25) is 15.0 Å². The number of aromatic carboxylic acids is 1. The Kier molecular flexibility index (Phi) is 8.93. The van der Waals surface area contributed by atoms with Crippen molar-refractivity contribution in [2.75, 3.05) is 11.9 Å². The third-order valence-electron chi connectivity index (χ3n) is 5.82. The summed E-state index contributed by atoms with van der Waals surface area (Å²) in [4.78, 5) is 42.6. The highest BCUT2D eigenvalue weighted by atomic mass is 16.4. The molecule has 3 rings (SSSR count). The molecule has 38 heavy (non-hydrogen) atoms. The number of aliphatic hydroxyl groups is 1. The zero-order valence-corrected chi connectivity index (χ0v) is 21.4. The molecule has 7 N–H and O–H groups in total. The molecule has 0 aliphatic rings. The number of aliphatic hydroxyl groups excluding tert-OH is 1. The summed E-state index contributed by atoms with van der Waals surface area (Å²) in [5.74, 6) is -2.20. The molecule has 3 aromatic rings. The maximum atomic E-state index is 13.2. The van der Waals surface area contributed by atoms with Crippen LogP contribution >= 0.6 is 0 Å². The lowest BCUT2D eigenvalue weighted by molar-refractivity contribution is 0.0697. The lowest BCUT2D eigenvalue weighted by atomic mass is 9.95. The highest BCUT2D eigenvalue weighted by molar-refractivity contribution is 6.10. The maximum absolute atomic E-state index is 13.2. The molecule has 1 heterocycles. The van der Waals surface area contributed by atoms with Crippen molar-refractivity contribution in [1.82, 2.24) is 10.3 Å². The molecule has 2 aromatic carbocycles. The number of carbonyl (C=O) groups excluding carboxylic acids is 2. The van der Waals surface area contributed by atoms with Crippen LogP contribution in [0.25, 0.3) is 11.1 Å². The molecule has 0 fully saturated rings. The van der Waals surface area contributed by atoms with Crippen molar-refractivity contribution < 1.29 is 24.6 Å². The van der Waals surface area contributed by atoms with Crippen molar-refractivity contribution in [3.8, 4) is 11.1 Å². The lowest BCUT2D eigenvalue weighted by Gasteiger charge is -2.19. The first kappa shape index (κ1) is 28.0. The average molecular weight is 518 g/mol. The van der Waals surface area contributed by atoms with Gasteiger partial charge in [0.2, 0.25) is 0 Å². The number of amides is 2. The molecule has 0 spiro atoms. The van der Waals surface area contributed by atoms with E-state index in [1.807, 2.05) is 13.8 Å². The van der Waals surface area contributed by atoms with Gasteiger partial charge in [-0.2, -0.15) is 0 Å². The van der Waals surface area contributed by atoms with Gasteiger partial charge in [0.05, 0.1) is 18.2 Å². The molecule has 0 saturated heterocycles. The number of anilines is 1. The quantitative estimate of drug-likeness (QED) is 0.176. The van der Waals surface area contributed by atoms with Crippen LogP contribution in [0.1, 0.15) is 62.7 Å². The minimum atomic E-state index is -1.28. The second kappa shape index (κ2) is 12.1. The van der Waals surface area contributed by atoms with Gasteiger partial charge in [-0.05, 0) is 67.3 Å². The van der Waals surface area contributed by atoms with Crippen molar-refractivity contribution in [2.45, 2.75) is 33.2 Å². The standard InChI is InChI=1S/C28H31N5O5/c1-15(2)12-20(14-34)33-26(35)18-7-11-21(23(13-18)28(37)38)22-10-4-16(3)31-24(22)27(36)32-19-8-5-17(6-9-19)25(29)30/h4-11,13,15,20,34H,12,14H2,1-3H3,(H3,29,30)(H,32,36)(H,33,35)(H,37,38). The number of nitrogens with two attached hydrogens (primary N) is 1. The smallest absolute Gasteiger partial charge is 0.336 e. The number of amidine groups is 1. The molecule has 2 amide bonds. The monoisotopic (exact) mass is 517 g/mol. The van der Waals surface area contributed by atoms with Crippen LogP contribution in [0.2, 0.25) is 0 Å². The van der Waals surface area contributed by atoms with Crippen LogP contribution in [0.4, 0.5) is 5.69 Å². The van der Waals surface area contributed by atoms with Crippen LogP contribution in [0, 0.1) is 18.3 Å². The number of hydrogen-bond acceptors (Lipinski definition) is 6. The van der Waals surface area contributed by atoms with Gasteiger partial charge in [-0.15, -0.1) is 0 Å². The van der Waals surface area contributed by atoms with Gasteiger partial charge in [0, 0.05) is 28.1 Å². The van der Waals surface area contributed by atoms with Crippen molar-refractivity contribution in [3.63, 3.8) is 0 Å². The van der Waals surface area contributed by atoms with E-state index >= 15 is 0 Å². The summed E-state index contributed by atoms with van der Waals surface area (Å²) in [6.07, 6.45) is 0.567. The van der Waals surface area contributed by atoms with Crippen LogP contribution in [0.15, 0.2) is 54.6 Å². The van der Waals surface area contributed by atoms with E-state index in [1.165, 1.54) is 18.2 Å². The van der Waals surface area contributed by atoms with E-state index in [4.69, 9.17) is 11.1 Å². The van der Waals surface area contributed by atoms with Gasteiger partial charge in [0.15, 0.2) is 0 Å². The van der Waals surface area contributed by atoms with Gasteiger partial charge in [0.25, 0.3) is 11.8 Å². The number of carboxylic acids is 1. The molecule has 1 unspecified atom stereocenters. The summed E-state index contributed by atoms with van der Waals surface area (Å²) in [5, 5.41) is 32.5. The third-order valence-corrected chi connectivity index (χ3v) is 5.82. The van der Waals surface area contributed by atoms with Gasteiger partial charge >= 0.3 is 5.97 Å². The van der Waals surface area contributed by atoms with Crippen molar-refractivity contribution in [1.29, 1.82) is 5.41 Å². The minimum absolute atomic E-state index is 0.0117. The largest absolute Gasteiger partial charge is 0.478 e. The van der Waals surface area contributed by atoms with Crippen LogP contribution in [0.5, 0.6) is 0 Å². The fraction of sp³-hybridized carbons (Fsp3) is 0.250. The first-order chi connectivity index (χ1) is 18.0. The topological polar surface area (TPSA) is 178 Å². The Hall–Kier alpha value is -4.57. The highest BCUT2D eigenvalue weighted by Gasteiger charge is 2.22. The number of carbonyl (C=O) groups is 3. The van der Waals surface area contributed by atoms with Crippen molar-refractivity contribution in [3.05, 3.63) is 82.7 Å². The summed E-state index contributed by atoms with van der Waals surface area (Å²) < 4.78 is 0. The third kappa shape index (κ3) is 6.80. The molecule has 198 valence electrons. The number of benzene rings is 2. The van der Waals surface area contributed by atoms with Crippen LogP contribution in [-0.2, 0) is 0 Å². The number of hydrogen-bond donors (Lipinski definition) is 6. The SMILES string of the molecule is Cc1ccc(-c2ccc(C(=O)NC(CO)CC(C)C)cc2C(=O)O)c(C(=O)Nc2ccc(C(=N)N)cc2)n1. The molecule has 0 radical (unpaired) electrons. The molecule has 10 nitrogen and oxygen atoms in total. The number of rotatable bonds is 10. The minimum Gasteiger partial charge on any atom is -0.478 e. The second-order valence-corrected chi connectivity index (χ2v) is 9.34. The van der Waals surface area contributed by atoms with Gasteiger partial charge in [-0.1, -0.05) is 26.0 Å². The Morgan fingerprint density at radius 3 is 2.18 bits per heavy atom. The summed E-state index contributed by atoms with van der Waals surface area (Å²) in [5.41, 5.74) is 7.44. The number of aryl methyl sites for hydroxylation is 1. The van der Waals surface area contributed by atoms with E-state index < -0.39 is 23.8 Å². The Morgan fingerprint density at radius 1 is 0.974 bits per heavy atom. The molecule has 10 heteroatoms. The van der Waals surface area contributed by atoms with Gasteiger partial charge < -0.3 is 26.6 Å². The van der Waals surface area contributed by atoms with Crippen molar-refractivity contribution in [2.24, 2.45) is 11.7 Å². The summed E-state index contributed by atoms with van der Waals surface area (Å²) in [7, 11) is 0. The Balaban J connectivity index is 1.97. The summed E-state index contributed by atoms with van der Waals surface area (Å²) in [6.45, 7) is 5.41. The predicted octanol–water partition coefficient (Wildman–Crippen LogP) is 3.43. The van der Waals surface area contributed by atoms with E-state index in [2.05, 4.69) is 15.6 Å². The van der Waals surface area contributed by atoms with Crippen molar-refractivity contribution >= 4 is 29.3 Å². The Bertz CT molecular complexity index is 1370. The van der Waals surface area contributed by atoms with Crippen LogP contribution in [0.3, 0.4) is 0 Å². The molecule has 0 bridgehead atoms. The lowest BCUT2D eigenvalue weighted by Crippen LogP contribution is -2.38. The maximum Gasteiger partial charge on any atom is 0.336 e. The molecular weight excluding hydrogens is 486 g/mol. The highest BCUT2D eigenvalue weighted by Crippen LogP contribution is 2.29. The number of nitrogens with one attached hydrogen (secondary N) is 3. The zero-order valence-electron chi connectivity index (χ0n) is 21.4. The fourth-order valence-corrected chi connectivity index (χ4v) is 3.98. The summed E-state index contributed by atoms with van der Waals surface area (Å²) >= 11 is 0. The van der Waals surface area contributed by atoms with E-state index in [0.29, 0.717) is 23.4 Å². The zero-order chi connectivity index (χ0) is 28.0. The first-order valence-electron chi connectivity index (χ1n) is 12.0. The molecule has 0 aliphatic heterocycles. The van der Waals surface area contributed by atoms with Gasteiger partial charge in [0.1, 0.15) is 11.5 Å². The number of aromatic nitrogens is 1. The molecule has 0 aliphatic carbocycles. The number of pyridine rings is 1. The Morgan fingerprint density at radius 2 is 1.61 bits per heavy atom. The molecule has 1 atom stereocenters. The van der Waals surface area contributed by atoms with Crippen LogP contribution < -0.4 is 16.4 Å². The number of nitrogen functional groups attached to an aromatic ring is 1. The van der Waals surface area contributed by atoms with Crippen LogP contribution in [-0.4, -0.2) is 51.5 Å². The van der Waals surface area contributed by atoms with Gasteiger partial charge in [-0.25, -0.2) is 9.78 Å². The Labute approximate surface area is 220 Å². The molecule has 0 saturated carbocycles. The summed E-state index contributed by atoms with van der Waals surface area (Å²) in [6, 6.07) is 13.4. The van der Waals surface area contributed by atoms with E-state index in [9.17, 15) is 24.6 Å². The number of nitrogens with zero attached hydrogens (tertiary/aromatic N) is 1. The second-order valence-electron chi connectivity index (χ2n) is 9.34. The first-order valence-corrected chi connectivity index (χ1v) is 12.0.